The van der Waals surface area contributed by atoms with Gasteiger partial charge in [-0.1, -0.05) is 11.6 Å². The van der Waals surface area contributed by atoms with E-state index in [0.29, 0.717) is 6.54 Å². The number of hydrogen-bond acceptors (Lipinski definition) is 4. The first-order chi connectivity index (χ1) is 7.67. The van der Waals surface area contributed by atoms with Crippen molar-refractivity contribution in [3.05, 3.63) is 21.3 Å². The van der Waals surface area contributed by atoms with Gasteiger partial charge in [0.15, 0.2) is 0 Å². The van der Waals surface area contributed by atoms with Gasteiger partial charge in [0.2, 0.25) is 5.91 Å². The van der Waals surface area contributed by atoms with Crippen LogP contribution in [-0.2, 0) is 16.0 Å². The lowest BCUT2D eigenvalue weighted by atomic mass is 10.3. The zero-order valence-corrected chi connectivity index (χ0v) is 10.6. The molecule has 4 nitrogen and oxygen atoms in total. The second-order valence-electron chi connectivity index (χ2n) is 3.21. The summed E-state index contributed by atoms with van der Waals surface area (Å²) in [4.78, 5) is 12.6. The maximum Gasteiger partial charge on any atom is 0.250 e. The molecule has 1 atom stereocenters. The highest BCUT2D eigenvalue weighted by molar-refractivity contribution is 7.16. The summed E-state index contributed by atoms with van der Waals surface area (Å²) in [6, 6.07) is 3.80. The van der Waals surface area contributed by atoms with Gasteiger partial charge in [-0.15, -0.1) is 11.3 Å². The number of hydrogen-bond donors (Lipinski definition) is 2. The second-order valence-corrected chi connectivity index (χ2v) is 5.01. The Bertz CT molecular complexity index is 339. The molecule has 0 aliphatic heterocycles. The fourth-order valence-corrected chi connectivity index (χ4v) is 2.31. The van der Waals surface area contributed by atoms with Gasteiger partial charge in [-0.2, -0.15) is 0 Å². The van der Waals surface area contributed by atoms with E-state index in [1.165, 1.54) is 18.4 Å². The van der Waals surface area contributed by atoms with Crippen LogP contribution in [0, 0.1) is 0 Å². The maximum atomic E-state index is 11.5. The molecule has 0 radical (unpaired) electrons. The lowest BCUT2D eigenvalue weighted by Gasteiger charge is -2.12. The topological polar surface area (TPSA) is 64.3 Å². The van der Waals surface area contributed by atoms with Gasteiger partial charge in [-0.3, -0.25) is 4.79 Å². The Hall–Kier alpha value is -0.620. The van der Waals surface area contributed by atoms with Crippen molar-refractivity contribution < 1.29 is 9.53 Å². The summed E-state index contributed by atoms with van der Waals surface area (Å²) in [5.41, 5.74) is 5.37. The van der Waals surface area contributed by atoms with Crippen molar-refractivity contribution in [1.82, 2.24) is 5.32 Å². The first-order valence-electron chi connectivity index (χ1n) is 4.92. The van der Waals surface area contributed by atoms with Crippen molar-refractivity contribution in [3.63, 3.8) is 0 Å². The quantitative estimate of drug-likeness (QED) is 0.805. The average molecular weight is 263 g/mol. The smallest absolute Gasteiger partial charge is 0.250 e. The van der Waals surface area contributed by atoms with Crippen molar-refractivity contribution in [2.75, 3.05) is 20.2 Å². The minimum atomic E-state index is -0.563. The molecule has 0 saturated heterocycles. The normalized spacial score (nSPS) is 12.4. The Morgan fingerprint density at radius 2 is 2.44 bits per heavy atom. The molecule has 0 aromatic carbocycles. The Morgan fingerprint density at radius 1 is 1.69 bits per heavy atom. The molecule has 1 heterocycles. The van der Waals surface area contributed by atoms with Crippen LogP contribution in [0.1, 0.15) is 4.88 Å². The van der Waals surface area contributed by atoms with Gasteiger partial charge in [-0.25, -0.2) is 0 Å². The summed E-state index contributed by atoms with van der Waals surface area (Å²) in [6.45, 7) is 0.753. The molecule has 0 fully saturated rings. The molecule has 0 aliphatic carbocycles. The van der Waals surface area contributed by atoms with Crippen LogP contribution in [0.5, 0.6) is 0 Å². The second kappa shape index (κ2) is 6.85. The highest BCUT2D eigenvalue weighted by Crippen LogP contribution is 2.21. The number of amides is 1. The van der Waals surface area contributed by atoms with E-state index in [9.17, 15) is 4.79 Å². The number of rotatable bonds is 6. The van der Waals surface area contributed by atoms with Crippen LogP contribution in [0.25, 0.3) is 0 Å². The average Bonchev–Trinajstić information content (AvgIpc) is 2.66. The van der Waals surface area contributed by atoms with E-state index in [4.69, 9.17) is 22.1 Å². The number of carbonyl (C=O) groups is 1. The minimum Gasteiger partial charge on any atom is -0.370 e. The fourth-order valence-electron chi connectivity index (χ4n) is 1.22. The summed E-state index contributed by atoms with van der Waals surface area (Å²) < 4.78 is 5.67. The van der Waals surface area contributed by atoms with Crippen LogP contribution in [-0.4, -0.2) is 32.2 Å². The van der Waals surface area contributed by atoms with Gasteiger partial charge in [0, 0.05) is 25.1 Å². The van der Waals surface area contributed by atoms with Crippen molar-refractivity contribution >= 4 is 28.8 Å². The molecule has 0 aliphatic rings. The van der Waals surface area contributed by atoms with Gasteiger partial charge in [-0.05, 0) is 18.6 Å². The largest absolute Gasteiger partial charge is 0.370 e. The van der Waals surface area contributed by atoms with Crippen LogP contribution in [0.4, 0.5) is 0 Å². The Balaban J connectivity index is 2.27. The molecule has 0 bridgehead atoms. The standard InChI is InChI=1S/C10H15ClN2O2S/c1-15-8(6-12)10(14)13-5-4-7-2-3-9(11)16-7/h2-3,8H,4-6,12H2,1H3,(H,13,14). The van der Waals surface area contributed by atoms with Crippen molar-refractivity contribution in [1.29, 1.82) is 0 Å². The van der Waals surface area contributed by atoms with Crippen molar-refractivity contribution in [2.24, 2.45) is 5.73 Å². The third-order valence-corrected chi connectivity index (χ3v) is 3.38. The summed E-state index contributed by atoms with van der Waals surface area (Å²) in [6.07, 6.45) is 0.205. The van der Waals surface area contributed by atoms with Crippen LogP contribution < -0.4 is 11.1 Å². The van der Waals surface area contributed by atoms with Crippen molar-refractivity contribution in [2.45, 2.75) is 12.5 Å². The number of ether oxygens (including phenoxy) is 1. The zero-order valence-electron chi connectivity index (χ0n) is 9.03. The molecular weight excluding hydrogens is 248 g/mol. The third-order valence-electron chi connectivity index (χ3n) is 2.09. The van der Waals surface area contributed by atoms with E-state index in [0.717, 1.165) is 15.6 Å². The highest BCUT2D eigenvalue weighted by atomic mass is 35.5. The molecule has 16 heavy (non-hydrogen) atoms. The van der Waals surface area contributed by atoms with E-state index in [1.54, 1.807) is 0 Å². The molecule has 1 rings (SSSR count). The maximum absolute atomic E-state index is 11.5. The van der Waals surface area contributed by atoms with Gasteiger partial charge in [0.05, 0.1) is 4.34 Å². The minimum absolute atomic E-state index is 0.173. The predicted molar refractivity (Wildman–Crippen MR) is 65.9 cm³/mol. The van der Waals surface area contributed by atoms with Gasteiger partial charge in [0.1, 0.15) is 6.10 Å². The molecule has 1 aromatic rings. The molecule has 1 unspecified atom stereocenters. The molecule has 0 saturated carbocycles. The lowest BCUT2D eigenvalue weighted by molar-refractivity contribution is -0.130. The number of nitrogens with two attached hydrogens (primary N) is 1. The first-order valence-corrected chi connectivity index (χ1v) is 6.11. The third kappa shape index (κ3) is 4.09. The van der Waals surface area contributed by atoms with Crippen LogP contribution in [0.2, 0.25) is 4.34 Å². The van der Waals surface area contributed by atoms with Crippen LogP contribution in [0.15, 0.2) is 12.1 Å². The monoisotopic (exact) mass is 262 g/mol. The Labute approximate surface area is 104 Å². The highest BCUT2D eigenvalue weighted by Gasteiger charge is 2.14. The molecule has 1 amide bonds. The molecule has 90 valence electrons. The summed E-state index contributed by atoms with van der Waals surface area (Å²) in [5.74, 6) is -0.173. The number of halogens is 1. The van der Waals surface area contributed by atoms with E-state index in [-0.39, 0.29) is 12.5 Å². The Morgan fingerprint density at radius 3 is 2.94 bits per heavy atom. The number of methoxy groups -OCH3 is 1. The van der Waals surface area contributed by atoms with Crippen LogP contribution in [0.3, 0.4) is 0 Å². The van der Waals surface area contributed by atoms with E-state index in [2.05, 4.69) is 5.32 Å². The summed E-state index contributed by atoms with van der Waals surface area (Å²) in [5, 5.41) is 2.76. The number of nitrogens with one attached hydrogen (secondary N) is 1. The van der Waals surface area contributed by atoms with Crippen molar-refractivity contribution in [3.8, 4) is 0 Å². The van der Waals surface area contributed by atoms with E-state index in [1.807, 2.05) is 12.1 Å². The van der Waals surface area contributed by atoms with E-state index >= 15 is 0 Å². The van der Waals surface area contributed by atoms with Gasteiger partial charge < -0.3 is 15.8 Å². The summed E-state index contributed by atoms with van der Waals surface area (Å²) >= 11 is 7.31. The fraction of sp³-hybridized carbons (Fsp3) is 0.500. The molecule has 6 heteroatoms. The lowest BCUT2D eigenvalue weighted by Crippen LogP contribution is -2.41. The Kier molecular flexibility index (Phi) is 5.76. The molecule has 1 aromatic heterocycles. The SMILES string of the molecule is COC(CN)C(=O)NCCc1ccc(Cl)s1. The molecule has 3 N–H and O–H groups in total. The van der Waals surface area contributed by atoms with Crippen LogP contribution >= 0.6 is 22.9 Å². The number of thiophene rings is 1. The molecule has 0 spiro atoms. The summed E-state index contributed by atoms with van der Waals surface area (Å²) in [7, 11) is 1.47. The van der Waals surface area contributed by atoms with Gasteiger partial charge in [0.25, 0.3) is 0 Å². The van der Waals surface area contributed by atoms with E-state index < -0.39 is 6.10 Å². The number of carbonyl (C=O) groups excluding carboxylic acids is 1. The van der Waals surface area contributed by atoms with Gasteiger partial charge >= 0.3 is 0 Å². The zero-order chi connectivity index (χ0) is 12.0. The molecular formula is C10H15ClN2O2S. The first kappa shape index (κ1) is 13.4. The predicted octanol–water partition coefficient (Wildman–Crippen LogP) is 1.03.